The fourth-order valence-electron chi connectivity index (χ4n) is 4.36. The lowest BCUT2D eigenvalue weighted by atomic mass is 9.81. The fraction of sp³-hybridized carbons (Fsp3) is 0.0667. The second-order valence-electron chi connectivity index (χ2n) is 8.19. The quantitative estimate of drug-likeness (QED) is 0.385. The first-order valence-electron chi connectivity index (χ1n) is 11.1. The van der Waals surface area contributed by atoms with Crippen LogP contribution < -0.4 is 0 Å². The molecule has 0 amide bonds. The second kappa shape index (κ2) is 9.02. The summed E-state index contributed by atoms with van der Waals surface area (Å²) in [5, 5.41) is 32.9. The van der Waals surface area contributed by atoms with Crippen molar-refractivity contribution in [1.29, 1.82) is 0 Å². The molecule has 0 saturated carbocycles. The topological polar surface area (TPSA) is 66.2 Å². The highest BCUT2D eigenvalue weighted by Crippen LogP contribution is 2.38. The Hall–Kier alpha value is -4.12. The van der Waals surface area contributed by atoms with Gasteiger partial charge in [0.15, 0.2) is 11.2 Å². The molecule has 0 aliphatic rings. The molecule has 1 aromatic heterocycles. The van der Waals surface area contributed by atoms with Crippen molar-refractivity contribution in [3.05, 3.63) is 167 Å². The maximum atomic E-state index is 12.0. The van der Waals surface area contributed by atoms with Crippen LogP contribution in [-0.4, -0.2) is 20.4 Å². The van der Waals surface area contributed by atoms with E-state index in [0.29, 0.717) is 33.6 Å². The SMILES string of the molecule is OC(c1ccccc1)(c1ccccc1)c1ccc(C(O)(c2ccccc2)c2ccccc2)nn1. The molecule has 34 heavy (non-hydrogen) atoms. The molecule has 5 rings (SSSR count). The predicted molar refractivity (Wildman–Crippen MR) is 132 cm³/mol. The van der Waals surface area contributed by atoms with Gasteiger partial charge < -0.3 is 10.2 Å². The molecule has 0 saturated heterocycles. The van der Waals surface area contributed by atoms with E-state index in [0.717, 1.165) is 0 Å². The van der Waals surface area contributed by atoms with Crippen LogP contribution >= 0.6 is 0 Å². The molecule has 0 spiro atoms. The largest absolute Gasteiger partial charge is 0.374 e. The van der Waals surface area contributed by atoms with Crippen molar-refractivity contribution in [2.24, 2.45) is 0 Å². The minimum atomic E-state index is -1.49. The van der Waals surface area contributed by atoms with E-state index in [1.807, 2.05) is 121 Å². The van der Waals surface area contributed by atoms with E-state index >= 15 is 0 Å². The van der Waals surface area contributed by atoms with Crippen LogP contribution in [0.3, 0.4) is 0 Å². The molecular formula is C30H24N2O2. The summed E-state index contributed by atoms with van der Waals surface area (Å²) in [6.07, 6.45) is 0. The van der Waals surface area contributed by atoms with Gasteiger partial charge in [0.2, 0.25) is 0 Å². The predicted octanol–water partition coefficient (Wildman–Crippen LogP) is 5.05. The number of aliphatic hydroxyl groups is 2. The first-order chi connectivity index (χ1) is 16.6. The minimum absolute atomic E-state index is 0.372. The van der Waals surface area contributed by atoms with Crippen LogP contribution in [0.25, 0.3) is 0 Å². The Labute approximate surface area is 198 Å². The zero-order valence-corrected chi connectivity index (χ0v) is 18.5. The van der Waals surface area contributed by atoms with Crippen LogP contribution in [0.2, 0.25) is 0 Å². The average molecular weight is 445 g/mol. The molecule has 2 N–H and O–H groups in total. The molecule has 0 bridgehead atoms. The highest BCUT2D eigenvalue weighted by atomic mass is 16.3. The van der Waals surface area contributed by atoms with Gasteiger partial charge in [-0.2, -0.15) is 10.2 Å². The molecule has 5 aromatic rings. The summed E-state index contributed by atoms with van der Waals surface area (Å²) in [6, 6.07) is 41.1. The first kappa shape index (κ1) is 21.7. The van der Waals surface area contributed by atoms with E-state index in [-0.39, 0.29) is 0 Å². The maximum absolute atomic E-state index is 12.0. The van der Waals surface area contributed by atoms with Crippen molar-refractivity contribution in [2.45, 2.75) is 11.2 Å². The Morgan fingerprint density at radius 1 is 0.353 bits per heavy atom. The lowest BCUT2D eigenvalue weighted by Crippen LogP contribution is -2.33. The monoisotopic (exact) mass is 444 g/mol. The van der Waals surface area contributed by atoms with Gasteiger partial charge in [0.1, 0.15) is 11.4 Å². The number of hydrogen-bond donors (Lipinski definition) is 2. The van der Waals surface area contributed by atoms with Gasteiger partial charge in [-0.25, -0.2) is 0 Å². The summed E-state index contributed by atoms with van der Waals surface area (Å²) in [4.78, 5) is 0. The Morgan fingerprint density at radius 3 is 0.794 bits per heavy atom. The number of nitrogens with zero attached hydrogens (tertiary/aromatic N) is 2. The minimum Gasteiger partial charge on any atom is -0.374 e. The van der Waals surface area contributed by atoms with Gasteiger partial charge in [-0.3, -0.25) is 0 Å². The van der Waals surface area contributed by atoms with Gasteiger partial charge in [-0.15, -0.1) is 0 Å². The fourth-order valence-corrected chi connectivity index (χ4v) is 4.36. The normalized spacial score (nSPS) is 11.8. The van der Waals surface area contributed by atoms with Crippen molar-refractivity contribution in [3.8, 4) is 0 Å². The number of hydrogen-bond acceptors (Lipinski definition) is 4. The van der Waals surface area contributed by atoms with E-state index < -0.39 is 11.2 Å². The van der Waals surface area contributed by atoms with Crippen LogP contribution in [0.5, 0.6) is 0 Å². The van der Waals surface area contributed by atoms with Crippen molar-refractivity contribution in [3.63, 3.8) is 0 Å². The van der Waals surface area contributed by atoms with E-state index in [9.17, 15) is 10.2 Å². The molecule has 0 unspecified atom stereocenters. The maximum Gasteiger partial charge on any atom is 0.159 e. The Kier molecular flexibility index (Phi) is 5.76. The van der Waals surface area contributed by atoms with Gasteiger partial charge in [0.25, 0.3) is 0 Å². The highest BCUT2D eigenvalue weighted by molar-refractivity contribution is 5.47. The van der Waals surface area contributed by atoms with Crippen molar-refractivity contribution in [1.82, 2.24) is 10.2 Å². The lowest BCUT2D eigenvalue weighted by Gasteiger charge is -2.31. The Morgan fingerprint density at radius 2 is 0.588 bits per heavy atom. The second-order valence-corrected chi connectivity index (χ2v) is 8.19. The molecule has 0 radical (unpaired) electrons. The molecule has 4 aromatic carbocycles. The molecule has 1 heterocycles. The van der Waals surface area contributed by atoms with Crippen molar-refractivity contribution >= 4 is 0 Å². The smallest absolute Gasteiger partial charge is 0.159 e. The summed E-state index contributed by atoms with van der Waals surface area (Å²) in [7, 11) is 0. The van der Waals surface area contributed by atoms with Crippen LogP contribution in [0.1, 0.15) is 33.6 Å². The highest BCUT2D eigenvalue weighted by Gasteiger charge is 2.39. The first-order valence-corrected chi connectivity index (χ1v) is 11.1. The summed E-state index contributed by atoms with van der Waals surface area (Å²) >= 11 is 0. The van der Waals surface area contributed by atoms with Gasteiger partial charge in [-0.1, -0.05) is 121 Å². The van der Waals surface area contributed by atoms with Crippen LogP contribution in [0.4, 0.5) is 0 Å². The Bertz CT molecular complexity index is 1150. The molecule has 0 fully saturated rings. The number of aromatic nitrogens is 2. The van der Waals surface area contributed by atoms with Gasteiger partial charge in [0.05, 0.1) is 0 Å². The third kappa shape index (κ3) is 3.69. The van der Waals surface area contributed by atoms with Crippen molar-refractivity contribution in [2.75, 3.05) is 0 Å². The molecule has 0 atom stereocenters. The molecule has 4 nitrogen and oxygen atoms in total. The summed E-state index contributed by atoms with van der Waals surface area (Å²) < 4.78 is 0. The van der Waals surface area contributed by atoms with Crippen LogP contribution in [0, 0.1) is 0 Å². The summed E-state index contributed by atoms with van der Waals surface area (Å²) in [6.45, 7) is 0. The zero-order valence-electron chi connectivity index (χ0n) is 18.5. The molecule has 0 aliphatic carbocycles. The summed E-state index contributed by atoms with van der Waals surface area (Å²) in [5.74, 6) is 0. The average Bonchev–Trinajstić information content (AvgIpc) is 2.94. The summed E-state index contributed by atoms with van der Waals surface area (Å²) in [5.41, 5.74) is 0.495. The molecule has 166 valence electrons. The standard InChI is InChI=1S/C30H24N2O2/c33-29(23-13-5-1-6-14-23,24-15-7-2-8-16-24)27-21-22-28(32-31-27)30(34,25-17-9-3-10-18-25)26-19-11-4-12-20-26/h1-22,33-34H. The Balaban J connectivity index is 1.66. The van der Waals surface area contributed by atoms with Crippen molar-refractivity contribution < 1.29 is 10.2 Å². The third-order valence-electron chi connectivity index (χ3n) is 6.17. The van der Waals surface area contributed by atoms with Crippen LogP contribution in [-0.2, 0) is 11.2 Å². The zero-order chi connectivity index (χ0) is 23.4. The van der Waals surface area contributed by atoms with Gasteiger partial charge in [-0.05, 0) is 34.4 Å². The van der Waals surface area contributed by atoms with E-state index in [2.05, 4.69) is 10.2 Å². The molecule has 4 heteroatoms. The third-order valence-corrected chi connectivity index (χ3v) is 6.17. The molecular weight excluding hydrogens is 420 g/mol. The van der Waals surface area contributed by atoms with Gasteiger partial charge >= 0.3 is 0 Å². The van der Waals surface area contributed by atoms with Gasteiger partial charge in [0, 0.05) is 0 Å². The molecule has 0 aliphatic heterocycles. The number of rotatable bonds is 6. The van der Waals surface area contributed by atoms with E-state index in [4.69, 9.17) is 0 Å². The number of benzene rings is 4. The van der Waals surface area contributed by atoms with E-state index in [1.165, 1.54) is 0 Å². The lowest BCUT2D eigenvalue weighted by molar-refractivity contribution is 0.112. The van der Waals surface area contributed by atoms with Crippen LogP contribution in [0.15, 0.2) is 133 Å². The van der Waals surface area contributed by atoms with E-state index in [1.54, 1.807) is 12.1 Å².